The molecule has 0 bridgehead atoms. The van der Waals surface area contributed by atoms with E-state index < -0.39 is 11.7 Å². The molecule has 2 nitrogen and oxygen atoms in total. The lowest BCUT2D eigenvalue weighted by atomic mass is 9.97. The fourth-order valence-electron chi connectivity index (χ4n) is 5.87. The minimum atomic E-state index is -4.34. The Labute approximate surface area is 261 Å². The van der Waals surface area contributed by atoms with Crippen LogP contribution in [0.25, 0.3) is 75.7 Å². The normalized spacial score (nSPS) is 11.9. The average molecular weight is 609 g/mol. The number of fused-ring (bicyclic) bond motifs is 4. The van der Waals surface area contributed by atoms with Gasteiger partial charge in [0.2, 0.25) is 0 Å². The smallest absolute Gasteiger partial charge is 0.256 e. The van der Waals surface area contributed by atoms with Crippen molar-refractivity contribution < 1.29 is 13.2 Å². The van der Waals surface area contributed by atoms with Gasteiger partial charge < -0.3 is 0 Å². The topological polar surface area (TPSA) is 25.8 Å². The number of pyridine rings is 2. The Morgan fingerprint density at radius 2 is 1.11 bits per heavy atom. The van der Waals surface area contributed by atoms with Gasteiger partial charge in [-0.15, -0.1) is 11.3 Å². The quantitative estimate of drug-likeness (QED) is 0.199. The Balaban J connectivity index is 1.04. The molecule has 6 heteroatoms. The van der Waals surface area contributed by atoms with Gasteiger partial charge in [0.15, 0.2) is 0 Å². The summed E-state index contributed by atoms with van der Waals surface area (Å²) in [5.41, 5.74) is 8.40. The van der Waals surface area contributed by atoms with E-state index in [0.717, 1.165) is 61.2 Å². The van der Waals surface area contributed by atoms with Gasteiger partial charge in [-0.3, -0.25) is 4.98 Å². The van der Waals surface area contributed by atoms with E-state index in [1.54, 1.807) is 11.3 Å². The maximum absolute atomic E-state index is 12.9. The minimum absolute atomic E-state index is 0.648. The number of benzene rings is 5. The van der Waals surface area contributed by atoms with Crippen LogP contribution in [-0.4, -0.2) is 9.97 Å². The number of rotatable bonds is 4. The zero-order valence-electron chi connectivity index (χ0n) is 23.7. The van der Waals surface area contributed by atoms with Crippen LogP contribution in [0.4, 0.5) is 13.2 Å². The zero-order valence-corrected chi connectivity index (χ0v) is 24.5. The van der Waals surface area contributed by atoms with Crippen molar-refractivity contribution in [2.24, 2.45) is 0 Å². The molecule has 0 amide bonds. The number of alkyl halides is 3. The molecule has 0 unspecified atom stereocenters. The van der Waals surface area contributed by atoms with Gasteiger partial charge in [0, 0.05) is 38.8 Å². The number of nitrogens with zero attached hydrogens (tertiary/aromatic N) is 2. The second-order valence-electron chi connectivity index (χ2n) is 11.0. The van der Waals surface area contributed by atoms with E-state index in [9.17, 15) is 13.2 Å². The van der Waals surface area contributed by atoms with Gasteiger partial charge >= 0.3 is 6.18 Å². The van der Waals surface area contributed by atoms with Crippen molar-refractivity contribution in [1.82, 2.24) is 9.97 Å². The third-order valence-electron chi connectivity index (χ3n) is 8.25. The molecule has 0 spiro atoms. The summed E-state index contributed by atoms with van der Waals surface area (Å²) < 4.78 is 40.0. The van der Waals surface area contributed by atoms with Gasteiger partial charge in [0.05, 0.1) is 11.1 Å². The highest BCUT2D eigenvalue weighted by Gasteiger charge is 2.30. The van der Waals surface area contributed by atoms with Crippen LogP contribution in [0.5, 0.6) is 0 Å². The highest BCUT2D eigenvalue weighted by molar-refractivity contribution is 7.26. The fourth-order valence-corrected chi connectivity index (χ4v) is 7.05. The zero-order chi connectivity index (χ0) is 30.5. The number of thiophene rings is 1. The molecule has 0 aliphatic heterocycles. The fraction of sp³-hybridized carbons (Fsp3) is 0.0256. The lowest BCUT2D eigenvalue weighted by molar-refractivity contribution is -0.137. The number of aromatic nitrogens is 2. The Morgan fingerprint density at radius 1 is 0.511 bits per heavy atom. The minimum Gasteiger partial charge on any atom is -0.256 e. The van der Waals surface area contributed by atoms with E-state index in [2.05, 4.69) is 77.8 Å². The van der Waals surface area contributed by atoms with Crippen molar-refractivity contribution in [1.29, 1.82) is 0 Å². The molecule has 0 radical (unpaired) electrons. The van der Waals surface area contributed by atoms with Gasteiger partial charge in [0.25, 0.3) is 0 Å². The second kappa shape index (κ2) is 10.7. The van der Waals surface area contributed by atoms with Crippen LogP contribution in [0.3, 0.4) is 0 Å². The van der Waals surface area contributed by atoms with Crippen LogP contribution in [0.1, 0.15) is 5.56 Å². The van der Waals surface area contributed by atoms with Crippen molar-refractivity contribution in [3.63, 3.8) is 0 Å². The monoisotopic (exact) mass is 608 g/mol. The van der Waals surface area contributed by atoms with Crippen molar-refractivity contribution in [3.8, 4) is 44.5 Å². The van der Waals surface area contributed by atoms with Gasteiger partial charge in [-0.05, 0) is 75.3 Å². The van der Waals surface area contributed by atoms with Crippen LogP contribution < -0.4 is 0 Å². The van der Waals surface area contributed by atoms with Crippen molar-refractivity contribution in [2.45, 2.75) is 6.18 Å². The van der Waals surface area contributed by atoms with Gasteiger partial charge in [-0.1, -0.05) is 91.0 Å². The standard InChI is InChI=1S/C39H23F3N2S/c40-39(41,42)32-18-16-25(17-19-32)24-6-8-26(9-7-24)29-14-15-30-21-31(23-44-36(30)22-29)27-10-12-28(13-11-27)33-3-1-4-34-35-5-2-20-43-38(35)45-37(33)34/h1-23H. The number of hydrogen-bond donors (Lipinski definition) is 0. The molecule has 0 fully saturated rings. The van der Waals surface area contributed by atoms with Crippen LogP contribution in [-0.2, 0) is 6.18 Å². The lowest BCUT2D eigenvalue weighted by Gasteiger charge is -2.09. The predicted molar refractivity (Wildman–Crippen MR) is 179 cm³/mol. The summed E-state index contributed by atoms with van der Waals surface area (Å²) in [6, 6.07) is 40.7. The summed E-state index contributed by atoms with van der Waals surface area (Å²) in [6.45, 7) is 0. The third-order valence-corrected chi connectivity index (χ3v) is 9.41. The maximum Gasteiger partial charge on any atom is 0.416 e. The molecule has 0 N–H and O–H groups in total. The third kappa shape index (κ3) is 5.03. The maximum atomic E-state index is 12.9. The van der Waals surface area contributed by atoms with Gasteiger partial charge in [-0.2, -0.15) is 13.2 Å². The summed E-state index contributed by atoms with van der Waals surface area (Å²) in [5.74, 6) is 0. The first kappa shape index (κ1) is 27.2. The largest absolute Gasteiger partial charge is 0.416 e. The Morgan fingerprint density at radius 3 is 1.82 bits per heavy atom. The highest BCUT2D eigenvalue weighted by atomic mass is 32.1. The van der Waals surface area contributed by atoms with E-state index >= 15 is 0 Å². The van der Waals surface area contributed by atoms with Crippen molar-refractivity contribution in [2.75, 3.05) is 0 Å². The molecule has 3 heterocycles. The first-order valence-electron chi connectivity index (χ1n) is 14.5. The first-order valence-corrected chi connectivity index (χ1v) is 15.3. The lowest BCUT2D eigenvalue weighted by Crippen LogP contribution is -2.03. The van der Waals surface area contributed by atoms with E-state index in [4.69, 9.17) is 4.98 Å². The molecule has 216 valence electrons. The predicted octanol–water partition coefficient (Wildman–Crippen LogP) is 11.7. The van der Waals surface area contributed by atoms with E-state index in [0.29, 0.717) is 0 Å². The number of hydrogen-bond acceptors (Lipinski definition) is 3. The summed E-state index contributed by atoms with van der Waals surface area (Å²) >= 11 is 1.73. The van der Waals surface area contributed by atoms with Crippen LogP contribution >= 0.6 is 11.3 Å². The van der Waals surface area contributed by atoms with Crippen LogP contribution in [0.15, 0.2) is 140 Å². The summed E-state index contributed by atoms with van der Waals surface area (Å²) in [6.07, 6.45) is -0.587. The van der Waals surface area contributed by atoms with Crippen molar-refractivity contribution in [3.05, 3.63) is 145 Å². The average Bonchev–Trinajstić information content (AvgIpc) is 3.47. The molecule has 3 aromatic heterocycles. The van der Waals surface area contributed by atoms with E-state index in [1.165, 1.54) is 38.7 Å². The second-order valence-corrected chi connectivity index (χ2v) is 12.0. The molecule has 0 aliphatic rings. The van der Waals surface area contributed by atoms with Gasteiger partial charge in [-0.25, -0.2) is 4.98 Å². The molecular weight excluding hydrogens is 586 g/mol. The Kier molecular flexibility index (Phi) is 6.47. The summed E-state index contributed by atoms with van der Waals surface area (Å²) in [5, 5.41) is 3.47. The molecule has 0 aliphatic carbocycles. The molecule has 8 rings (SSSR count). The Hall–Kier alpha value is -5.33. The molecule has 45 heavy (non-hydrogen) atoms. The molecule has 0 atom stereocenters. The Bertz CT molecular complexity index is 2340. The first-order chi connectivity index (χ1) is 21.9. The summed E-state index contributed by atoms with van der Waals surface area (Å²) in [7, 11) is 0. The SMILES string of the molecule is FC(F)(F)c1ccc(-c2ccc(-c3ccc4cc(-c5ccc(-c6cccc7c6sc6ncccc67)cc5)cnc4c3)cc2)cc1. The van der Waals surface area contributed by atoms with E-state index in [1.807, 2.05) is 42.7 Å². The molecule has 0 saturated carbocycles. The number of halogens is 3. The van der Waals surface area contributed by atoms with Crippen LogP contribution in [0, 0.1) is 0 Å². The highest BCUT2D eigenvalue weighted by Crippen LogP contribution is 2.39. The summed E-state index contributed by atoms with van der Waals surface area (Å²) in [4.78, 5) is 10.4. The molecule has 0 saturated heterocycles. The molecule has 8 aromatic rings. The van der Waals surface area contributed by atoms with Crippen LogP contribution in [0.2, 0.25) is 0 Å². The molecular formula is C39H23F3N2S. The molecule has 5 aromatic carbocycles. The van der Waals surface area contributed by atoms with E-state index in [-0.39, 0.29) is 0 Å². The van der Waals surface area contributed by atoms with Crippen molar-refractivity contribution >= 4 is 42.5 Å². The van der Waals surface area contributed by atoms with Gasteiger partial charge in [0.1, 0.15) is 4.83 Å².